The molecule has 3 rings (SSSR count). The number of urea groups is 1. The molecule has 2 aromatic carbocycles. The van der Waals surface area contributed by atoms with E-state index in [2.05, 4.69) is 17.4 Å². The first kappa shape index (κ1) is 15.7. The lowest BCUT2D eigenvalue weighted by Crippen LogP contribution is -2.40. The Bertz CT molecular complexity index is 662. The van der Waals surface area contributed by atoms with Gasteiger partial charge in [0.1, 0.15) is 5.75 Å². The van der Waals surface area contributed by atoms with Crippen LogP contribution in [-0.4, -0.2) is 29.1 Å². The maximum atomic E-state index is 12.3. The molecule has 1 aliphatic heterocycles. The molecule has 1 aliphatic rings. The van der Waals surface area contributed by atoms with Gasteiger partial charge in [0.15, 0.2) is 0 Å². The number of phenols is 1. The lowest BCUT2D eigenvalue weighted by atomic mass is 9.89. The van der Waals surface area contributed by atoms with Crippen LogP contribution in [0.4, 0.5) is 10.5 Å². The predicted octanol–water partition coefficient (Wildman–Crippen LogP) is 4.46. The molecule has 0 bridgehead atoms. The average molecular weight is 331 g/mol. The van der Waals surface area contributed by atoms with Gasteiger partial charge in [-0.2, -0.15) is 0 Å². The maximum Gasteiger partial charge on any atom is 0.321 e. The van der Waals surface area contributed by atoms with Gasteiger partial charge < -0.3 is 15.3 Å². The second-order valence-corrected chi connectivity index (χ2v) is 6.23. The third-order valence-electron chi connectivity index (χ3n) is 4.24. The molecule has 2 aromatic rings. The van der Waals surface area contributed by atoms with E-state index >= 15 is 0 Å². The Morgan fingerprint density at radius 3 is 2.26 bits per heavy atom. The van der Waals surface area contributed by atoms with E-state index in [-0.39, 0.29) is 11.8 Å². The molecule has 1 heterocycles. The molecule has 0 radical (unpaired) electrons. The number of likely N-dealkylation sites (tertiary alicyclic amines) is 1. The molecule has 1 saturated heterocycles. The van der Waals surface area contributed by atoms with Gasteiger partial charge in [0, 0.05) is 23.8 Å². The Labute approximate surface area is 140 Å². The number of nitrogens with zero attached hydrogens (tertiary/aromatic N) is 1. The summed E-state index contributed by atoms with van der Waals surface area (Å²) in [6.07, 6.45) is 1.90. The van der Waals surface area contributed by atoms with Crippen molar-refractivity contribution in [2.45, 2.75) is 18.8 Å². The average Bonchev–Trinajstić information content (AvgIpc) is 2.58. The van der Waals surface area contributed by atoms with Crippen LogP contribution >= 0.6 is 11.6 Å². The van der Waals surface area contributed by atoms with E-state index in [1.807, 2.05) is 17.0 Å². The summed E-state index contributed by atoms with van der Waals surface area (Å²) < 4.78 is 0. The molecule has 23 heavy (non-hydrogen) atoms. The number of anilines is 1. The number of halogens is 1. The number of nitrogens with one attached hydrogen (secondary N) is 1. The minimum absolute atomic E-state index is 0.0924. The minimum Gasteiger partial charge on any atom is -0.508 e. The molecule has 5 heteroatoms. The van der Waals surface area contributed by atoms with Crippen LogP contribution in [0.15, 0.2) is 48.5 Å². The highest BCUT2D eigenvalue weighted by Crippen LogP contribution is 2.29. The number of carbonyl (C=O) groups is 1. The normalized spacial score (nSPS) is 15.4. The van der Waals surface area contributed by atoms with Gasteiger partial charge in [-0.1, -0.05) is 23.7 Å². The molecule has 0 aromatic heterocycles. The highest BCUT2D eigenvalue weighted by atomic mass is 35.5. The van der Waals surface area contributed by atoms with Crippen molar-refractivity contribution in [3.63, 3.8) is 0 Å². The van der Waals surface area contributed by atoms with E-state index in [0.717, 1.165) is 31.0 Å². The van der Waals surface area contributed by atoms with E-state index < -0.39 is 0 Å². The topological polar surface area (TPSA) is 52.6 Å². The summed E-state index contributed by atoms with van der Waals surface area (Å²) in [5.74, 6) is 0.664. The van der Waals surface area contributed by atoms with E-state index in [4.69, 9.17) is 11.6 Å². The number of benzene rings is 2. The number of amides is 2. The zero-order chi connectivity index (χ0) is 16.2. The number of phenolic OH excluding ortho intramolecular Hbond substituents is 1. The van der Waals surface area contributed by atoms with Gasteiger partial charge in [-0.3, -0.25) is 0 Å². The summed E-state index contributed by atoms with van der Waals surface area (Å²) in [4.78, 5) is 14.1. The van der Waals surface area contributed by atoms with Gasteiger partial charge in [0.05, 0.1) is 0 Å². The first-order chi connectivity index (χ1) is 11.1. The van der Waals surface area contributed by atoms with Gasteiger partial charge >= 0.3 is 6.03 Å². The number of piperidine rings is 1. The van der Waals surface area contributed by atoms with Crippen LogP contribution in [0.5, 0.6) is 5.75 Å². The van der Waals surface area contributed by atoms with Crippen molar-refractivity contribution < 1.29 is 9.90 Å². The van der Waals surface area contributed by atoms with Crippen molar-refractivity contribution in [2.75, 3.05) is 18.4 Å². The van der Waals surface area contributed by atoms with Gasteiger partial charge in [-0.15, -0.1) is 0 Å². The van der Waals surface area contributed by atoms with Crippen molar-refractivity contribution in [1.82, 2.24) is 4.90 Å². The largest absolute Gasteiger partial charge is 0.508 e. The summed E-state index contributed by atoms with van der Waals surface area (Å²) in [6, 6.07) is 14.4. The molecule has 2 amide bonds. The van der Waals surface area contributed by atoms with Gasteiger partial charge in [-0.05, 0) is 60.7 Å². The molecule has 0 unspecified atom stereocenters. The van der Waals surface area contributed by atoms with Crippen molar-refractivity contribution in [2.24, 2.45) is 0 Å². The van der Waals surface area contributed by atoms with Crippen LogP contribution < -0.4 is 5.32 Å². The summed E-state index contributed by atoms with van der Waals surface area (Å²) >= 11 is 5.93. The quantitative estimate of drug-likeness (QED) is 0.799. The molecule has 0 spiro atoms. The second-order valence-electron chi connectivity index (χ2n) is 5.79. The van der Waals surface area contributed by atoms with Crippen LogP contribution in [0.3, 0.4) is 0 Å². The van der Waals surface area contributed by atoms with E-state index in [0.29, 0.717) is 11.6 Å². The van der Waals surface area contributed by atoms with Crippen LogP contribution in [0.25, 0.3) is 0 Å². The molecular formula is C18H19ClN2O2. The Kier molecular flexibility index (Phi) is 4.72. The summed E-state index contributed by atoms with van der Waals surface area (Å²) in [6.45, 7) is 1.47. The number of rotatable bonds is 2. The van der Waals surface area contributed by atoms with Crippen molar-refractivity contribution >= 4 is 23.3 Å². The minimum atomic E-state index is -0.0924. The van der Waals surface area contributed by atoms with E-state index in [1.54, 1.807) is 24.3 Å². The molecule has 0 atom stereocenters. The third kappa shape index (κ3) is 3.96. The Hall–Kier alpha value is -2.20. The number of hydrogen-bond donors (Lipinski definition) is 2. The monoisotopic (exact) mass is 330 g/mol. The maximum absolute atomic E-state index is 12.3. The molecule has 4 nitrogen and oxygen atoms in total. The first-order valence-electron chi connectivity index (χ1n) is 7.72. The lowest BCUT2D eigenvalue weighted by molar-refractivity contribution is 0.194. The van der Waals surface area contributed by atoms with Crippen molar-refractivity contribution in [1.29, 1.82) is 0 Å². The van der Waals surface area contributed by atoms with Crippen LogP contribution in [-0.2, 0) is 0 Å². The lowest BCUT2D eigenvalue weighted by Gasteiger charge is -2.32. The fourth-order valence-corrected chi connectivity index (χ4v) is 3.02. The zero-order valence-electron chi connectivity index (χ0n) is 12.7. The Morgan fingerprint density at radius 1 is 1.04 bits per heavy atom. The predicted molar refractivity (Wildman–Crippen MR) is 92.1 cm³/mol. The van der Waals surface area contributed by atoms with Crippen molar-refractivity contribution in [3.05, 3.63) is 59.1 Å². The summed E-state index contributed by atoms with van der Waals surface area (Å²) in [5, 5.41) is 12.9. The molecule has 0 saturated carbocycles. The second kappa shape index (κ2) is 6.92. The zero-order valence-corrected chi connectivity index (χ0v) is 13.5. The molecular weight excluding hydrogens is 312 g/mol. The highest BCUT2D eigenvalue weighted by molar-refractivity contribution is 6.30. The van der Waals surface area contributed by atoms with E-state index in [9.17, 15) is 9.90 Å². The van der Waals surface area contributed by atoms with Gasteiger partial charge in [0.25, 0.3) is 0 Å². The van der Waals surface area contributed by atoms with Crippen molar-refractivity contribution in [3.8, 4) is 5.75 Å². The number of carbonyl (C=O) groups excluding carboxylic acids is 1. The van der Waals surface area contributed by atoms with Gasteiger partial charge in [0.2, 0.25) is 0 Å². The standard InChI is InChI=1S/C18H19ClN2O2/c19-15-3-1-13(2-4-15)14-9-11-21(12-10-14)18(23)20-16-5-7-17(22)8-6-16/h1-8,14,22H,9-12H2,(H,20,23). The van der Waals surface area contributed by atoms with Gasteiger partial charge in [-0.25, -0.2) is 4.79 Å². The Morgan fingerprint density at radius 2 is 1.65 bits per heavy atom. The number of aromatic hydroxyl groups is 1. The molecule has 1 fully saturated rings. The number of hydrogen-bond acceptors (Lipinski definition) is 2. The van der Waals surface area contributed by atoms with Crippen LogP contribution in [0.2, 0.25) is 5.02 Å². The Balaban J connectivity index is 1.54. The fourth-order valence-electron chi connectivity index (χ4n) is 2.90. The molecule has 120 valence electrons. The highest BCUT2D eigenvalue weighted by Gasteiger charge is 2.23. The third-order valence-corrected chi connectivity index (χ3v) is 4.49. The van der Waals surface area contributed by atoms with E-state index in [1.165, 1.54) is 5.56 Å². The molecule has 2 N–H and O–H groups in total. The summed E-state index contributed by atoms with van der Waals surface area (Å²) in [5.41, 5.74) is 1.97. The first-order valence-corrected chi connectivity index (χ1v) is 8.10. The smallest absolute Gasteiger partial charge is 0.321 e. The molecule has 0 aliphatic carbocycles. The SMILES string of the molecule is O=C(Nc1ccc(O)cc1)N1CCC(c2ccc(Cl)cc2)CC1. The summed E-state index contributed by atoms with van der Waals surface area (Å²) in [7, 11) is 0. The fraction of sp³-hybridized carbons (Fsp3) is 0.278. The van der Waals surface area contributed by atoms with Crippen LogP contribution in [0, 0.1) is 0 Å². The van der Waals surface area contributed by atoms with Crippen LogP contribution in [0.1, 0.15) is 24.3 Å².